The average Bonchev–Trinajstić information content (AvgIpc) is 2.58. The van der Waals surface area contributed by atoms with Crippen LogP contribution in [0.5, 0.6) is 0 Å². The van der Waals surface area contributed by atoms with Crippen LogP contribution < -0.4 is 4.90 Å². The van der Waals surface area contributed by atoms with Crippen molar-refractivity contribution < 1.29 is 9.53 Å². The first kappa shape index (κ1) is 16.6. The molecule has 1 amide bonds. The molecule has 0 aliphatic rings. The molecule has 0 fully saturated rings. The Morgan fingerprint density at radius 1 is 1.13 bits per heavy atom. The Bertz CT molecular complexity index is 673. The van der Waals surface area contributed by atoms with Crippen molar-refractivity contribution in [2.45, 2.75) is 20.5 Å². The molecule has 0 radical (unpaired) electrons. The molecule has 2 aromatic rings. The van der Waals surface area contributed by atoms with Gasteiger partial charge in [-0.05, 0) is 35.7 Å². The summed E-state index contributed by atoms with van der Waals surface area (Å²) in [5.74, 6) is 0.301. The third-order valence-electron chi connectivity index (χ3n) is 3.28. The maximum Gasteiger partial charge on any atom is 0.414 e. The maximum absolute atomic E-state index is 12.4. The Morgan fingerprint density at radius 2 is 1.78 bits per heavy atom. The number of amides is 1. The zero-order valence-electron chi connectivity index (χ0n) is 13.4. The van der Waals surface area contributed by atoms with Crippen LogP contribution in [-0.2, 0) is 11.3 Å². The molecule has 0 unspecified atom stereocenters. The molecular weight excluding hydrogens is 288 g/mol. The van der Waals surface area contributed by atoms with Crippen LogP contribution in [0.1, 0.15) is 25.0 Å². The number of hydrogen-bond donors (Lipinski definition) is 0. The Hall–Kier alpha value is -2.80. The van der Waals surface area contributed by atoms with Crippen LogP contribution in [0.3, 0.4) is 0 Å². The van der Waals surface area contributed by atoms with Crippen molar-refractivity contribution in [1.29, 1.82) is 5.26 Å². The van der Waals surface area contributed by atoms with Crippen molar-refractivity contribution in [3.63, 3.8) is 0 Å². The lowest BCUT2D eigenvalue weighted by atomic mass is 10.1. The van der Waals surface area contributed by atoms with Gasteiger partial charge in [0.2, 0.25) is 0 Å². The monoisotopic (exact) mass is 308 g/mol. The highest BCUT2D eigenvalue weighted by molar-refractivity contribution is 5.87. The molecule has 0 heterocycles. The predicted octanol–water partition coefficient (Wildman–Crippen LogP) is 4.36. The molecule has 2 rings (SSSR count). The van der Waals surface area contributed by atoms with Crippen LogP contribution in [-0.4, -0.2) is 12.6 Å². The van der Waals surface area contributed by atoms with Gasteiger partial charge in [-0.1, -0.05) is 44.2 Å². The molecule has 0 bridgehead atoms. The second-order valence-corrected chi connectivity index (χ2v) is 5.70. The summed E-state index contributed by atoms with van der Waals surface area (Å²) in [6, 6.07) is 18.6. The maximum atomic E-state index is 12.4. The summed E-state index contributed by atoms with van der Waals surface area (Å²) in [6.45, 7) is 4.88. The molecule has 0 saturated carbocycles. The van der Waals surface area contributed by atoms with Gasteiger partial charge in [0.15, 0.2) is 0 Å². The van der Waals surface area contributed by atoms with E-state index in [9.17, 15) is 4.79 Å². The van der Waals surface area contributed by atoms with Gasteiger partial charge in [0.05, 0.1) is 11.6 Å². The van der Waals surface area contributed by atoms with Crippen molar-refractivity contribution >= 4 is 11.8 Å². The number of hydrogen-bond acceptors (Lipinski definition) is 3. The highest BCUT2D eigenvalue weighted by Crippen LogP contribution is 2.18. The molecule has 0 saturated heterocycles. The Balaban J connectivity index is 2.10. The zero-order valence-corrected chi connectivity index (χ0v) is 13.4. The lowest BCUT2D eigenvalue weighted by Gasteiger charge is -2.24. The molecular formula is C19H20N2O2. The number of carbonyl (C=O) groups excluding carboxylic acids is 1. The van der Waals surface area contributed by atoms with Gasteiger partial charge in [-0.2, -0.15) is 5.26 Å². The van der Waals surface area contributed by atoms with Crippen molar-refractivity contribution in [2.24, 2.45) is 5.92 Å². The summed E-state index contributed by atoms with van der Waals surface area (Å²) in [6.07, 6.45) is -0.382. The fourth-order valence-electron chi connectivity index (χ4n) is 2.16. The van der Waals surface area contributed by atoms with E-state index in [-0.39, 0.29) is 12.7 Å². The van der Waals surface area contributed by atoms with Crippen LogP contribution in [0.25, 0.3) is 0 Å². The van der Waals surface area contributed by atoms with Crippen LogP contribution in [0.15, 0.2) is 54.6 Å². The summed E-state index contributed by atoms with van der Waals surface area (Å²) in [5.41, 5.74) is 2.25. The van der Waals surface area contributed by atoms with Crippen molar-refractivity contribution in [1.82, 2.24) is 0 Å². The van der Waals surface area contributed by atoms with Crippen LogP contribution >= 0.6 is 0 Å². The minimum atomic E-state index is -0.382. The van der Waals surface area contributed by atoms with E-state index in [4.69, 9.17) is 10.00 Å². The van der Waals surface area contributed by atoms with Gasteiger partial charge < -0.3 is 4.74 Å². The van der Waals surface area contributed by atoms with Crippen LogP contribution in [0, 0.1) is 17.2 Å². The molecule has 0 aliphatic carbocycles. The molecule has 2 aromatic carbocycles. The SMILES string of the molecule is CC(C)CN(C(=O)OCc1ccccc1)c1ccc(C#N)cc1. The summed E-state index contributed by atoms with van der Waals surface area (Å²) >= 11 is 0. The Labute approximate surface area is 136 Å². The first-order chi connectivity index (χ1) is 11.1. The Kier molecular flexibility index (Phi) is 5.76. The average molecular weight is 308 g/mol. The van der Waals surface area contributed by atoms with Crippen LogP contribution in [0.2, 0.25) is 0 Å². The largest absolute Gasteiger partial charge is 0.444 e. The second-order valence-electron chi connectivity index (χ2n) is 5.70. The third kappa shape index (κ3) is 4.86. The first-order valence-corrected chi connectivity index (χ1v) is 7.58. The van der Waals surface area contributed by atoms with Gasteiger partial charge >= 0.3 is 6.09 Å². The number of benzene rings is 2. The number of carbonyl (C=O) groups is 1. The highest BCUT2D eigenvalue weighted by atomic mass is 16.6. The van der Waals surface area contributed by atoms with E-state index in [2.05, 4.69) is 6.07 Å². The summed E-state index contributed by atoms with van der Waals surface area (Å²) in [7, 11) is 0. The zero-order chi connectivity index (χ0) is 16.7. The molecule has 0 atom stereocenters. The number of nitrogens with zero attached hydrogens (tertiary/aromatic N) is 2. The van der Waals surface area contributed by atoms with Gasteiger partial charge in [0, 0.05) is 12.2 Å². The molecule has 0 aliphatic heterocycles. The minimum absolute atomic E-state index is 0.241. The molecule has 0 aromatic heterocycles. The number of ether oxygens (including phenoxy) is 1. The van der Waals surface area contributed by atoms with E-state index < -0.39 is 0 Å². The highest BCUT2D eigenvalue weighted by Gasteiger charge is 2.18. The number of nitriles is 1. The van der Waals surface area contributed by atoms with E-state index in [0.717, 1.165) is 11.3 Å². The molecule has 0 spiro atoms. The molecule has 4 nitrogen and oxygen atoms in total. The Morgan fingerprint density at radius 3 is 2.35 bits per heavy atom. The number of rotatable bonds is 5. The van der Waals surface area contributed by atoms with Crippen molar-refractivity contribution in [3.8, 4) is 6.07 Å². The lowest BCUT2D eigenvalue weighted by Crippen LogP contribution is -2.34. The standard InChI is InChI=1S/C19H20N2O2/c1-15(2)13-21(18-10-8-16(12-20)9-11-18)19(22)23-14-17-6-4-3-5-7-17/h3-11,15H,13-14H2,1-2H3. The van der Waals surface area contributed by atoms with E-state index in [0.29, 0.717) is 18.0 Å². The fraction of sp³-hybridized carbons (Fsp3) is 0.263. The quantitative estimate of drug-likeness (QED) is 0.824. The summed E-state index contributed by atoms with van der Waals surface area (Å²) in [4.78, 5) is 14.1. The smallest absolute Gasteiger partial charge is 0.414 e. The second kappa shape index (κ2) is 8.00. The van der Waals surface area contributed by atoms with Gasteiger partial charge in [0.25, 0.3) is 0 Å². The molecule has 118 valence electrons. The van der Waals surface area contributed by atoms with E-state index in [1.54, 1.807) is 29.2 Å². The molecule has 23 heavy (non-hydrogen) atoms. The van der Waals surface area contributed by atoms with Gasteiger partial charge in [-0.25, -0.2) is 4.79 Å². The molecule has 0 N–H and O–H groups in total. The van der Waals surface area contributed by atoms with Gasteiger partial charge in [-0.3, -0.25) is 4.90 Å². The van der Waals surface area contributed by atoms with Gasteiger partial charge in [0.1, 0.15) is 6.61 Å². The third-order valence-corrected chi connectivity index (χ3v) is 3.28. The normalized spacial score (nSPS) is 10.2. The van der Waals surface area contributed by atoms with E-state index in [1.165, 1.54) is 0 Å². The summed E-state index contributed by atoms with van der Waals surface area (Å²) in [5, 5.41) is 8.88. The van der Waals surface area contributed by atoms with E-state index >= 15 is 0 Å². The first-order valence-electron chi connectivity index (χ1n) is 7.58. The molecule has 4 heteroatoms. The fourth-order valence-corrected chi connectivity index (χ4v) is 2.16. The van der Waals surface area contributed by atoms with E-state index in [1.807, 2.05) is 44.2 Å². The van der Waals surface area contributed by atoms with Crippen LogP contribution in [0.4, 0.5) is 10.5 Å². The lowest BCUT2D eigenvalue weighted by molar-refractivity contribution is 0.146. The number of anilines is 1. The minimum Gasteiger partial charge on any atom is -0.444 e. The predicted molar refractivity (Wildman–Crippen MR) is 90.0 cm³/mol. The van der Waals surface area contributed by atoms with Gasteiger partial charge in [-0.15, -0.1) is 0 Å². The summed E-state index contributed by atoms with van der Waals surface area (Å²) < 4.78 is 5.42. The van der Waals surface area contributed by atoms with Crippen molar-refractivity contribution in [2.75, 3.05) is 11.4 Å². The topological polar surface area (TPSA) is 53.3 Å². The van der Waals surface area contributed by atoms with Crippen molar-refractivity contribution in [3.05, 3.63) is 65.7 Å².